The molecule has 0 radical (unpaired) electrons. The minimum atomic E-state index is -0.702. The standard InChI is InChI=1S/C16H21NO4S/c1-4-7-21-16(20)13-14(22-10-5-6-10)8(2)12-11(9(3)18)15(19)17(12)13/h4,8-12,18H,1,5-7H2,2-3H3/t8-,9-,11-,12-/m1/s1. The van der Waals surface area contributed by atoms with Gasteiger partial charge in [0.15, 0.2) is 0 Å². The van der Waals surface area contributed by atoms with Crippen LogP contribution in [0.1, 0.15) is 26.7 Å². The molecule has 0 unspecified atom stereocenters. The number of β-lactam (4-membered cyclic amide) rings is 1. The number of rotatable bonds is 6. The molecule has 1 N–H and O–H groups in total. The number of esters is 1. The molecule has 1 amide bonds. The van der Waals surface area contributed by atoms with Crippen LogP contribution in [-0.2, 0) is 14.3 Å². The number of hydrogen-bond donors (Lipinski definition) is 1. The van der Waals surface area contributed by atoms with Crippen molar-refractivity contribution in [2.45, 2.75) is 44.1 Å². The predicted molar refractivity (Wildman–Crippen MR) is 83.8 cm³/mol. The van der Waals surface area contributed by atoms with E-state index in [4.69, 9.17) is 4.74 Å². The molecule has 1 saturated heterocycles. The van der Waals surface area contributed by atoms with Crippen LogP contribution < -0.4 is 0 Å². The molecular formula is C16H21NO4S. The van der Waals surface area contributed by atoms with Crippen molar-refractivity contribution < 1.29 is 19.4 Å². The van der Waals surface area contributed by atoms with Gasteiger partial charge in [0, 0.05) is 16.1 Å². The number of amides is 1. The van der Waals surface area contributed by atoms with E-state index in [0.717, 1.165) is 17.7 Å². The zero-order valence-corrected chi connectivity index (χ0v) is 13.6. The average Bonchev–Trinajstić information content (AvgIpc) is 3.24. The zero-order chi connectivity index (χ0) is 16.0. The lowest BCUT2D eigenvalue weighted by molar-refractivity contribution is -0.164. The van der Waals surface area contributed by atoms with Crippen molar-refractivity contribution in [2.24, 2.45) is 11.8 Å². The minimum absolute atomic E-state index is 0.0641. The Bertz CT molecular complexity index is 552. The van der Waals surface area contributed by atoms with Crippen molar-refractivity contribution in [3.8, 4) is 0 Å². The number of carbonyl (C=O) groups is 2. The summed E-state index contributed by atoms with van der Waals surface area (Å²) in [6.07, 6.45) is 3.10. The molecule has 1 aliphatic carbocycles. The fourth-order valence-corrected chi connectivity index (χ4v) is 4.62. The van der Waals surface area contributed by atoms with Gasteiger partial charge in [0.05, 0.1) is 18.1 Å². The Labute approximate surface area is 134 Å². The second-order valence-corrected chi connectivity index (χ2v) is 7.51. The van der Waals surface area contributed by atoms with Gasteiger partial charge in [-0.1, -0.05) is 19.6 Å². The molecule has 0 bridgehead atoms. The highest BCUT2D eigenvalue weighted by molar-refractivity contribution is 8.04. The quantitative estimate of drug-likeness (QED) is 0.458. The summed E-state index contributed by atoms with van der Waals surface area (Å²) < 4.78 is 5.17. The van der Waals surface area contributed by atoms with Gasteiger partial charge >= 0.3 is 5.97 Å². The van der Waals surface area contributed by atoms with Gasteiger partial charge in [-0.25, -0.2) is 4.79 Å². The summed E-state index contributed by atoms with van der Waals surface area (Å²) in [6.45, 7) is 7.33. The average molecular weight is 323 g/mol. The molecule has 1 saturated carbocycles. The van der Waals surface area contributed by atoms with Crippen LogP contribution in [0.4, 0.5) is 0 Å². The largest absolute Gasteiger partial charge is 0.457 e. The molecule has 2 aliphatic heterocycles. The lowest BCUT2D eigenvalue weighted by Gasteiger charge is -2.46. The van der Waals surface area contributed by atoms with Crippen LogP contribution in [0.2, 0.25) is 0 Å². The van der Waals surface area contributed by atoms with Crippen molar-refractivity contribution >= 4 is 23.6 Å². The highest BCUT2D eigenvalue weighted by Crippen LogP contribution is 2.54. The molecule has 3 aliphatic rings. The lowest BCUT2D eigenvalue weighted by atomic mass is 9.79. The Morgan fingerprint density at radius 2 is 2.27 bits per heavy atom. The molecule has 0 aromatic heterocycles. The number of fused-ring (bicyclic) bond motifs is 1. The summed E-state index contributed by atoms with van der Waals surface area (Å²) >= 11 is 1.69. The topological polar surface area (TPSA) is 66.8 Å². The number of aliphatic hydroxyl groups is 1. The third kappa shape index (κ3) is 2.38. The summed E-state index contributed by atoms with van der Waals surface area (Å²) in [7, 11) is 0. The number of ether oxygens (including phenoxy) is 1. The van der Waals surface area contributed by atoms with E-state index in [9.17, 15) is 14.7 Å². The van der Waals surface area contributed by atoms with Crippen molar-refractivity contribution in [1.29, 1.82) is 0 Å². The zero-order valence-electron chi connectivity index (χ0n) is 12.8. The highest BCUT2D eigenvalue weighted by Gasteiger charge is 2.60. The molecule has 0 spiro atoms. The maximum atomic E-state index is 12.4. The SMILES string of the molecule is C=CCOC(=O)C1=C(SC2CC2)[C@H](C)[C@@H]2[C@@H]([C@@H](C)O)C(=O)N12. The summed E-state index contributed by atoms with van der Waals surface area (Å²) in [5.41, 5.74) is 0.387. The molecule has 120 valence electrons. The third-order valence-electron chi connectivity index (χ3n) is 4.45. The van der Waals surface area contributed by atoms with Crippen LogP contribution in [0.5, 0.6) is 0 Å². The molecule has 4 atom stereocenters. The number of aliphatic hydroxyl groups excluding tert-OH is 1. The number of carbonyl (C=O) groups excluding carboxylic acids is 2. The Hall–Kier alpha value is -1.27. The van der Waals surface area contributed by atoms with Crippen LogP contribution in [0.15, 0.2) is 23.3 Å². The van der Waals surface area contributed by atoms with E-state index in [1.807, 2.05) is 6.92 Å². The van der Waals surface area contributed by atoms with Gasteiger partial charge < -0.3 is 14.7 Å². The second kappa shape index (κ2) is 5.74. The van der Waals surface area contributed by atoms with Crippen LogP contribution in [0, 0.1) is 11.8 Å². The molecule has 5 nitrogen and oxygen atoms in total. The van der Waals surface area contributed by atoms with E-state index in [2.05, 4.69) is 6.58 Å². The molecule has 0 aromatic carbocycles. The maximum absolute atomic E-state index is 12.4. The van der Waals surface area contributed by atoms with E-state index in [1.165, 1.54) is 11.0 Å². The molecular weight excluding hydrogens is 302 g/mol. The van der Waals surface area contributed by atoms with Gasteiger partial charge in [-0.2, -0.15) is 0 Å². The fraction of sp³-hybridized carbons (Fsp3) is 0.625. The van der Waals surface area contributed by atoms with Gasteiger partial charge in [0.2, 0.25) is 5.91 Å². The summed E-state index contributed by atoms with van der Waals surface area (Å²) in [5.74, 6) is -0.998. The molecule has 0 aromatic rings. The third-order valence-corrected chi connectivity index (χ3v) is 6.08. The Morgan fingerprint density at radius 3 is 2.82 bits per heavy atom. The second-order valence-electron chi connectivity index (χ2n) is 6.17. The van der Waals surface area contributed by atoms with Gasteiger partial charge in [-0.3, -0.25) is 4.79 Å². The van der Waals surface area contributed by atoms with Crippen molar-refractivity contribution in [2.75, 3.05) is 6.61 Å². The van der Waals surface area contributed by atoms with Gasteiger partial charge in [0.1, 0.15) is 12.3 Å². The summed E-state index contributed by atoms with van der Waals surface area (Å²) in [4.78, 5) is 27.2. The number of hydrogen-bond acceptors (Lipinski definition) is 5. The number of nitrogens with zero attached hydrogens (tertiary/aromatic N) is 1. The van der Waals surface area contributed by atoms with Crippen LogP contribution >= 0.6 is 11.8 Å². The fourth-order valence-electron chi connectivity index (χ4n) is 3.24. The molecule has 22 heavy (non-hydrogen) atoms. The first-order valence-corrected chi connectivity index (χ1v) is 8.55. The smallest absolute Gasteiger partial charge is 0.356 e. The normalized spacial score (nSPS) is 31.7. The number of thioether (sulfide) groups is 1. The van der Waals surface area contributed by atoms with Crippen molar-refractivity contribution in [3.05, 3.63) is 23.3 Å². The van der Waals surface area contributed by atoms with Gasteiger partial charge in [-0.15, -0.1) is 11.8 Å². The van der Waals surface area contributed by atoms with E-state index in [0.29, 0.717) is 10.9 Å². The van der Waals surface area contributed by atoms with Crippen LogP contribution in [-0.4, -0.2) is 45.9 Å². The molecule has 6 heteroatoms. The Morgan fingerprint density at radius 1 is 1.59 bits per heavy atom. The van der Waals surface area contributed by atoms with Gasteiger partial charge in [0.25, 0.3) is 0 Å². The highest BCUT2D eigenvalue weighted by atomic mass is 32.2. The summed E-state index contributed by atoms with van der Waals surface area (Å²) in [5, 5.41) is 10.4. The van der Waals surface area contributed by atoms with Crippen LogP contribution in [0.3, 0.4) is 0 Å². The van der Waals surface area contributed by atoms with E-state index in [1.54, 1.807) is 18.7 Å². The first kappa shape index (κ1) is 15.6. The summed E-state index contributed by atoms with van der Waals surface area (Å²) in [6, 6.07) is -0.125. The Kier molecular flexibility index (Phi) is 4.07. The van der Waals surface area contributed by atoms with Crippen molar-refractivity contribution in [3.63, 3.8) is 0 Å². The molecule has 3 rings (SSSR count). The maximum Gasteiger partial charge on any atom is 0.356 e. The minimum Gasteiger partial charge on any atom is -0.457 e. The lowest BCUT2D eigenvalue weighted by Crippen LogP contribution is -2.63. The van der Waals surface area contributed by atoms with E-state index < -0.39 is 18.0 Å². The first-order valence-electron chi connectivity index (χ1n) is 7.67. The van der Waals surface area contributed by atoms with Crippen molar-refractivity contribution in [1.82, 2.24) is 4.90 Å². The molecule has 2 fully saturated rings. The van der Waals surface area contributed by atoms with E-state index >= 15 is 0 Å². The Balaban J connectivity index is 1.89. The van der Waals surface area contributed by atoms with Gasteiger partial charge in [-0.05, 0) is 19.8 Å². The van der Waals surface area contributed by atoms with E-state index in [-0.39, 0.29) is 24.5 Å². The first-order chi connectivity index (χ1) is 10.5. The molecule has 2 heterocycles. The monoisotopic (exact) mass is 323 g/mol. The predicted octanol–water partition coefficient (Wildman–Crippen LogP) is 1.68. The van der Waals surface area contributed by atoms with Crippen LogP contribution in [0.25, 0.3) is 0 Å².